The number of hydrogen-bond acceptors (Lipinski definition) is 4. The minimum Gasteiger partial charge on any atom is -0.496 e. The van der Waals surface area contributed by atoms with Crippen LogP contribution in [0.4, 0.5) is 0 Å². The van der Waals surface area contributed by atoms with E-state index in [1.165, 1.54) is 4.88 Å². The summed E-state index contributed by atoms with van der Waals surface area (Å²) in [5.74, 6) is 1.58. The van der Waals surface area contributed by atoms with Crippen molar-refractivity contribution in [3.05, 3.63) is 43.8 Å². The third kappa shape index (κ3) is 4.94. The molecule has 2 aromatic rings. The highest BCUT2D eigenvalue weighted by atomic mass is 79.9. The lowest BCUT2D eigenvalue weighted by Gasteiger charge is -2.12. The van der Waals surface area contributed by atoms with E-state index in [2.05, 4.69) is 43.5 Å². The molecule has 1 aromatic carbocycles. The number of guanidine groups is 1. The molecule has 0 bridgehead atoms. The van der Waals surface area contributed by atoms with Gasteiger partial charge in [-0.2, -0.15) is 0 Å². The highest BCUT2D eigenvalue weighted by molar-refractivity contribution is 9.10. The third-order valence-corrected chi connectivity index (χ3v) is 5.07. The van der Waals surface area contributed by atoms with Crippen molar-refractivity contribution in [2.75, 3.05) is 14.2 Å². The summed E-state index contributed by atoms with van der Waals surface area (Å²) in [5.41, 5.74) is 2.24. The van der Waals surface area contributed by atoms with E-state index < -0.39 is 0 Å². The first-order chi connectivity index (χ1) is 11.0. The predicted octanol–water partition coefficient (Wildman–Crippen LogP) is 3.40. The van der Waals surface area contributed by atoms with Gasteiger partial charge < -0.3 is 15.4 Å². The summed E-state index contributed by atoms with van der Waals surface area (Å²) < 4.78 is 6.18. The van der Waals surface area contributed by atoms with Crippen molar-refractivity contribution < 1.29 is 4.74 Å². The molecular weight excluding hydrogens is 376 g/mol. The zero-order valence-electron chi connectivity index (χ0n) is 13.7. The van der Waals surface area contributed by atoms with Crippen LogP contribution in [0, 0.1) is 13.8 Å². The minimum atomic E-state index is 0.672. The molecule has 0 atom stereocenters. The van der Waals surface area contributed by atoms with Gasteiger partial charge in [0.25, 0.3) is 0 Å². The molecule has 0 aliphatic carbocycles. The summed E-state index contributed by atoms with van der Waals surface area (Å²) in [6, 6.07) is 6.00. The van der Waals surface area contributed by atoms with Gasteiger partial charge in [0.15, 0.2) is 5.96 Å². The lowest BCUT2D eigenvalue weighted by molar-refractivity contribution is 0.412. The van der Waals surface area contributed by atoms with Crippen LogP contribution in [0.15, 0.2) is 27.7 Å². The number of thiazole rings is 1. The Hall–Kier alpha value is -1.60. The van der Waals surface area contributed by atoms with Crippen LogP contribution in [-0.4, -0.2) is 25.1 Å². The quantitative estimate of drug-likeness (QED) is 0.600. The van der Waals surface area contributed by atoms with E-state index in [1.54, 1.807) is 25.5 Å². The number of aliphatic imine (C=N–C) groups is 1. The van der Waals surface area contributed by atoms with Crippen LogP contribution < -0.4 is 15.4 Å². The number of aryl methyl sites for hydroxylation is 2. The zero-order chi connectivity index (χ0) is 16.8. The van der Waals surface area contributed by atoms with Crippen molar-refractivity contribution in [3.63, 3.8) is 0 Å². The van der Waals surface area contributed by atoms with Crippen molar-refractivity contribution in [1.29, 1.82) is 0 Å². The Bertz CT molecular complexity index is 680. The van der Waals surface area contributed by atoms with E-state index in [4.69, 9.17) is 4.74 Å². The smallest absolute Gasteiger partial charge is 0.191 e. The van der Waals surface area contributed by atoms with Gasteiger partial charge in [-0.25, -0.2) is 4.98 Å². The Morgan fingerprint density at radius 3 is 2.61 bits per heavy atom. The lowest BCUT2D eigenvalue weighted by atomic mass is 10.2. The molecule has 2 N–H and O–H groups in total. The first-order valence-electron chi connectivity index (χ1n) is 7.23. The molecule has 0 spiro atoms. The molecule has 0 saturated heterocycles. The molecule has 0 radical (unpaired) electrons. The zero-order valence-corrected chi connectivity index (χ0v) is 16.1. The maximum absolute atomic E-state index is 5.24. The van der Waals surface area contributed by atoms with Gasteiger partial charge in [-0.05, 0) is 47.5 Å². The third-order valence-electron chi connectivity index (χ3n) is 3.38. The Labute approximate surface area is 149 Å². The van der Waals surface area contributed by atoms with Crippen LogP contribution in [-0.2, 0) is 13.1 Å². The first kappa shape index (κ1) is 17.7. The largest absolute Gasteiger partial charge is 0.496 e. The summed E-state index contributed by atoms with van der Waals surface area (Å²) in [7, 11) is 3.42. The molecule has 0 fully saturated rings. The van der Waals surface area contributed by atoms with Crippen molar-refractivity contribution in [1.82, 2.24) is 15.6 Å². The Morgan fingerprint density at radius 2 is 2.04 bits per heavy atom. The number of ether oxygens (including phenoxy) is 1. The summed E-state index contributed by atoms with van der Waals surface area (Å²) >= 11 is 5.21. The van der Waals surface area contributed by atoms with E-state index in [1.807, 2.05) is 25.1 Å². The molecule has 1 heterocycles. The molecule has 0 amide bonds. The fourth-order valence-electron chi connectivity index (χ4n) is 2.00. The van der Waals surface area contributed by atoms with Crippen molar-refractivity contribution in [3.8, 4) is 5.75 Å². The molecule has 0 aliphatic heterocycles. The molecule has 0 unspecified atom stereocenters. The predicted molar refractivity (Wildman–Crippen MR) is 99.3 cm³/mol. The number of methoxy groups -OCH3 is 1. The number of rotatable bonds is 5. The van der Waals surface area contributed by atoms with Crippen molar-refractivity contribution in [2.24, 2.45) is 4.99 Å². The first-order valence-corrected chi connectivity index (χ1v) is 8.84. The molecule has 1 aromatic heterocycles. The number of aromatic nitrogens is 1. The topological polar surface area (TPSA) is 58.5 Å². The molecule has 0 aliphatic rings. The lowest BCUT2D eigenvalue weighted by Crippen LogP contribution is -2.36. The number of nitrogens with zero attached hydrogens (tertiary/aromatic N) is 2. The maximum atomic E-state index is 5.24. The standard InChI is InChI=1S/C16H21BrN4OS/c1-10-11(2)23-15(21-10)9-20-16(18-3)19-8-12-5-6-14(22-4)13(17)7-12/h5-7H,8-9H2,1-4H3,(H2,18,19,20). The average molecular weight is 397 g/mol. The van der Waals surface area contributed by atoms with Gasteiger partial charge in [0.05, 0.1) is 23.8 Å². The van der Waals surface area contributed by atoms with Gasteiger partial charge in [0.2, 0.25) is 0 Å². The molecule has 5 nitrogen and oxygen atoms in total. The van der Waals surface area contributed by atoms with Crippen LogP contribution in [0.25, 0.3) is 0 Å². The van der Waals surface area contributed by atoms with E-state index in [0.717, 1.165) is 32.4 Å². The Kier molecular flexibility index (Phi) is 6.41. The summed E-state index contributed by atoms with van der Waals surface area (Å²) in [4.78, 5) is 10.0. The second kappa shape index (κ2) is 8.31. The molecule has 0 saturated carbocycles. The number of benzene rings is 1. The van der Waals surface area contributed by atoms with E-state index in [9.17, 15) is 0 Å². The normalized spacial score (nSPS) is 11.4. The van der Waals surface area contributed by atoms with Gasteiger partial charge in [-0.3, -0.25) is 4.99 Å². The van der Waals surface area contributed by atoms with E-state index in [0.29, 0.717) is 13.1 Å². The summed E-state index contributed by atoms with van der Waals surface area (Å²) in [6.45, 7) is 5.47. The molecular formula is C16H21BrN4OS. The SMILES string of the molecule is CN=C(NCc1ccc(OC)c(Br)c1)NCc1nc(C)c(C)s1. The van der Waals surface area contributed by atoms with E-state index in [-0.39, 0.29) is 0 Å². The van der Waals surface area contributed by atoms with Crippen LogP contribution in [0.5, 0.6) is 5.75 Å². The second-order valence-electron chi connectivity index (χ2n) is 5.00. The highest BCUT2D eigenvalue weighted by Gasteiger charge is 2.06. The highest BCUT2D eigenvalue weighted by Crippen LogP contribution is 2.25. The van der Waals surface area contributed by atoms with Crippen LogP contribution in [0.2, 0.25) is 0 Å². The monoisotopic (exact) mass is 396 g/mol. The van der Waals surface area contributed by atoms with Gasteiger partial charge in [-0.1, -0.05) is 6.07 Å². The number of hydrogen-bond donors (Lipinski definition) is 2. The number of nitrogens with one attached hydrogen (secondary N) is 2. The van der Waals surface area contributed by atoms with Crippen molar-refractivity contribution in [2.45, 2.75) is 26.9 Å². The summed E-state index contributed by atoms with van der Waals surface area (Å²) in [6.07, 6.45) is 0. The number of halogens is 1. The summed E-state index contributed by atoms with van der Waals surface area (Å²) in [5, 5.41) is 7.65. The molecule has 23 heavy (non-hydrogen) atoms. The van der Waals surface area contributed by atoms with Crippen molar-refractivity contribution >= 4 is 33.2 Å². The fraction of sp³-hybridized carbons (Fsp3) is 0.375. The van der Waals surface area contributed by atoms with Gasteiger partial charge in [0.1, 0.15) is 10.8 Å². The van der Waals surface area contributed by atoms with Gasteiger partial charge >= 0.3 is 0 Å². The van der Waals surface area contributed by atoms with Gasteiger partial charge in [0, 0.05) is 18.5 Å². The minimum absolute atomic E-state index is 0.672. The Balaban J connectivity index is 1.88. The average Bonchev–Trinajstić information content (AvgIpc) is 2.86. The van der Waals surface area contributed by atoms with Crippen LogP contribution >= 0.6 is 27.3 Å². The fourth-order valence-corrected chi connectivity index (χ4v) is 3.46. The molecule has 2 rings (SSSR count). The van der Waals surface area contributed by atoms with Crippen LogP contribution in [0.3, 0.4) is 0 Å². The maximum Gasteiger partial charge on any atom is 0.191 e. The molecule has 7 heteroatoms. The second-order valence-corrected chi connectivity index (χ2v) is 7.14. The van der Waals surface area contributed by atoms with E-state index >= 15 is 0 Å². The van der Waals surface area contributed by atoms with Crippen LogP contribution in [0.1, 0.15) is 21.1 Å². The van der Waals surface area contributed by atoms with Gasteiger partial charge in [-0.15, -0.1) is 11.3 Å². The molecule has 124 valence electrons. The Morgan fingerprint density at radius 1 is 1.30 bits per heavy atom.